The standard InChI is InChI=1S/C27H24F3N3O2S/c1-18-8-9-24-23(14-18)31-26(35-24)36-17-19-4-2-5-20(15-19)25(34)33-12-10-32(11-13-33)22-7-3-6-21(16-22)27(28,29)30/h2-9,14-16H,10-13,17H2,1H3. The van der Waals surface area contributed by atoms with Crippen LogP contribution in [0.3, 0.4) is 0 Å². The van der Waals surface area contributed by atoms with Crippen LogP contribution >= 0.6 is 11.8 Å². The average Bonchev–Trinajstić information content (AvgIpc) is 3.29. The number of alkyl halides is 3. The Balaban J connectivity index is 1.20. The average molecular weight is 512 g/mol. The van der Waals surface area contributed by atoms with Gasteiger partial charge in [-0.1, -0.05) is 36.0 Å². The molecule has 0 aliphatic carbocycles. The van der Waals surface area contributed by atoms with Gasteiger partial charge in [0.05, 0.1) is 5.56 Å². The number of aromatic nitrogens is 1. The highest BCUT2D eigenvalue weighted by Crippen LogP contribution is 2.32. The molecule has 1 aliphatic heterocycles. The first-order valence-electron chi connectivity index (χ1n) is 11.6. The maximum Gasteiger partial charge on any atom is 0.416 e. The Bertz CT molecular complexity index is 1390. The third-order valence-corrected chi connectivity index (χ3v) is 7.06. The molecule has 0 spiro atoms. The molecule has 0 atom stereocenters. The minimum absolute atomic E-state index is 0.0807. The summed E-state index contributed by atoms with van der Waals surface area (Å²) in [7, 11) is 0. The van der Waals surface area contributed by atoms with Gasteiger partial charge in [0.25, 0.3) is 11.1 Å². The van der Waals surface area contributed by atoms with Crippen molar-refractivity contribution in [2.24, 2.45) is 0 Å². The number of oxazole rings is 1. The lowest BCUT2D eigenvalue weighted by atomic mass is 10.1. The molecule has 0 radical (unpaired) electrons. The maximum absolute atomic E-state index is 13.1. The van der Waals surface area contributed by atoms with Gasteiger partial charge < -0.3 is 14.2 Å². The summed E-state index contributed by atoms with van der Waals surface area (Å²) in [6.45, 7) is 3.83. The van der Waals surface area contributed by atoms with Crippen molar-refractivity contribution in [1.29, 1.82) is 0 Å². The van der Waals surface area contributed by atoms with Crippen molar-refractivity contribution in [3.05, 3.63) is 89.0 Å². The van der Waals surface area contributed by atoms with Gasteiger partial charge in [0, 0.05) is 43.2 Å². The van der Waals surface area contributed by atoms with E-state index in [1.54, 1.807) is 17.0 Å². The van der Waals surface area contributed by atoms with Crippen molar-refractivity contribution < 1.29 is 22.4 Å². The molecular weight excluding hydrogens is 487 g/mol. The Morgan fingerprint density at radius 1 is 1.00 bits per heavy atom. The summed E-state index contributed by atoms with van der Waals surface area (Å²) in [5.41, 5.74) is 4.11. The van der Waals surface area contributed by atoms with Crippen LogP contribution in [0.5, 0.6) is 0 Å². The molecule has 36 heavy (non-hydrogen) atoms. The number of benzene rings is 3. The zero-order chi connectivity index (χ0) is 25.3. The largest absolute Gasteiger partial charge is 0.431 e. The topological polar surface area (TPSA) is 49.6 Å². The van der Waals surface area contributed by atoms with E-state index in [-0.39, 0.29) is 5.91 Å². The number of fused-ring (bicyclic) bond motifs is 1. The van der Waals surface area contributed by atoms with Crippen LogP contribution in [-0.4, -0.2) is 42.0 Å². The highest BCUT2D eigenvalue weighted by molar-refractivity contribution is 7.98. The van der Waals surface area contributed by atoms with E-state index in [1.807, 2.05) is 48.2 Å². The van der Waals surface area contributed by atoms with E-state index >= 15 is 0 Å². The number of hydrogen-bond donors (Lipinski definition) is 0. The molecule has 1 saturated heterocycles. The van der Waals surface area contributed by atoms with Gasteiger partial charge in [0.2, 0.25) is 0 Å². The molecule has 4 aromatic rings. The van der Waals surface area contributed by atoms with Gasteiger partial charge in [-0.25, -0.2) is 4.98 Å². The Hall–Kier alpha value is -3.46. The van der Waals surface area contributed by atoms with Crippen molar-refractivity contribution >= 4 is 34.5 Å². The van der Waals surface area contributed by atoms with Crippen molar-refractivity contribution in [2.75, 3.05) is 31.1 Å². The molecule has 0 N–H and O–H groups in total. The minimum Gasteiger partial charge on any atom is -0.431 e. The van der Waals surface area contributed by atoms with Gasteiger partial charge >= 0.3 is 6.18 Å². The minimum atomic E-state index is -4.38. The molecule has 0 bridgehead atoms. The van der Waals surface area contributed by atoms with Crippen LogP contribution in [0.25, 0.3) is 11.1 Å². The van der Waals surface area contributed by atoms with Gasteiger partial charge in [0.1, 0.15) is 5.52 Å². The first kappa shape index (κ1) is 24.2. The third kappa shape index (κ3) is 5.36. The van der Waals surface area contributed by atoms with Crippen LogP contribution in [0.15, 0.2) is 76.4 Å². The van der Waals surface area contributed by atoms with Crippen LogP contribution < -0.4 is 4.90 Å². The molecule has 9 heteroatoms. The van der Waals surface area contributed by atoms with Crippen LogP contribution in [0, 0.1) is 6.92 Å². The number of thioether (sulfide) groups is 1. The van der Waals surface area contributed by atoms with E-state index in [9.17, 15) is 18.0 Å². The summed E-state index contributed by atoms with van der Waals surface area (Å²) < 4.78 is 45.0. The monoisotopic (exact) mass is 511 g/mol. The summed E-state index contributed by atoms with van der Waals surface area (Å²) >= 11 is 1.47. The molecule has 1 fully saturated rings. The molecule has 1 aliphatic rings. The van der Waals surface area contributed by atoms with Crippen molar-refractivity contribution in [3.8, 4) is 0 Å². The molecule has 3 aromatic carbocycles. The molecule has 5 rings (SSSR count). The number of carbonyl (C=O) groups excluding carboxylic acids is 1. The zero-order valence-electron chi connectivity index (χ0n) is 19.6. The molecule has 1 aromatic heterocycles. The molecule has 186 valence electrons. The first-order chi connectivity index (χ1) is 17.3. The second kappa shape index (κ2) is 9.89. The summed E-state index contributed by atoms with van der Waals surface area (Å²) in [6.07, 6.45) is -4.38. The third-order valence-electron chi connectivity index (χ3n) is 6.17. The fourth-order valence-corrected chi connectivity index (χ4v) is 5.03. The molecule has 2 heterocycles. The molecular formula is C27H24F3N3O2S. The zero-order valence-corrected chi connectivity index (χ0v) is 20.4. The SMILES string of the molecule is Cc1ccc2oc(SCc3cccc(C(=O)N4CCN(c5cccc(C(F)(F)F)c5)CC4)c3)nc2c1. The number of nitrogens with zero attached hydrogens (tertiary/aromatic N) is 3. The van der Waals surface area contributed by atoms with Gasteiger partial charge in [-0.05, 0) is 60.5 Å². The Morgan fingerprint density at radius 3 is 2.56 bits per heavy atom. The van der Waals surface area contributed by atoms with Gasteiger partial charge in [-0.3, -0.25) is 4.79 Å². The lowest BCUT2D eigenvalue weighted by Crippen LogP contribution is -2.48. The van der Waals surface area contributed by atoms with Crippen molar-refractivity contribution in [1.82, 2.24) is 9.88 Å². The Labute approximate surface area is 210 Å². The highest BCUT2D eigenvalue weighted by atomic mass is 32.2. The second-order valence-corrected chi connectivity index (χ2v) is 9.69. The normalized spacial score (nSPS) is 14.4. The predicted octanol–water partition coefficient (Wildman–Crippen LogP) is 6.41. The first-order valence-corrected chi connectivity index (χ1v) is 12.6. The van der Waals surface area contributed by atoms with E-state index in [0.29, 0.717) is 48.4 Å². The maximum atomic E-state index is 13.1. The summed E-state index contributed by atoms with van der Waals surface area (Å²) in [5, 5.41) is 0.582. The van der Waals surface area contributed by atoms with Crippen LogP contribution in [0.2, 0.25) is 0 Å². The molecule has 0 saturated carbocycles. The number of anilines is 1. The number of piperazine rings is 1. The van der Waals surface area contributed by atoms with E-state index in [1.165, 1.54) is 17.8 Å². The lowest BCUT2D eigenvalue weighted by molar-refractivity contribution is -0.137. The summed E-state index contributed by atoms with van der Waals surface area (Å²) in [4.78, 5) is 21.3. The fraction of sp³-hybridized carbons (Fsp3) is 0.259. The van der Waals surface area contributed by atoms with E-state index in [0.717, 1.165) is 34.4 Å². The van der Waals surface area contributed by atoms with E-state index in [4.69, 9.17) is 4.42 Å². The lowest BCUT2D eigenvalue weighted by Gasteiger charge is -2.36. The Morgan fingerprint density at radius 2 is 1.78 bits per heavy atom. The van der Waals surface area contributed by atoms with Gasteiger partial charge in [-0.15, -0.1) is 0 Å². The number of aryl methyl sites for hydroxylation is 1. The quantitative estimate of drug-likeness (QED) is 0.290. The predicted molar refractivity (Wildman–Crippen MR) is 134 cm³/mol. The van der Waals surface area contributed by atoms with Crippen molar-refractivity contribution in [2.45, 2.75) is 24.1 Å². The smallest absolute Gasteiger partial charge is 0.416 e. The summed E-state index contributed by atoms with van der Waals surface area (Å²) in [6, 6.07) is 18.7. The Kier molecular flexibility index (Phi) is 6.66. The fourth-order valence-electron chi connectivity index (χ4n) is 4.25. The van der Waals surface area contributed by atoms with Crippen LogP contribution in [0.4, 0.5) is 18.9 Å². The van der Waals surface area contributed by atoms with Gasteiger partial charge in [-0.2, -0.15) is 13.2 Å². The highest BCUT2D eigenvalue weighted by Gasteiger charge is 2.31. The molecule has 5 nitrogen and oxygen atoms in total. The number of rotatable bonds is 5. The summed E-state index contributed by atoms with van der Waals surface area (Å²) in [5.74, 6) is 0.527. The van der Waals surface area contributed by atoms with Crippen LogP contribution in [0.1, 0.15) is 27.0 Å². The van der Waals surface area contributed by atoms with E-state index < -0.39 is 11.7 Å². The molecule has 1 amide bonds. The number of halogens is 3. The number of amides is 1. The number of hydrogen-bond acceptors (Lipinski definition) is 5. The molecule has 0 unspecified atom stereocenters. The van der Waals surface area contributed by atoms with Gasteiger partial charge in [0.15, 0.2) is 5.58 Å². The van der Waals surface area contributed by atoms with Crippen molar-refractivity contribution in [3.63, 3.8) is 0 Å². The second-order valence-electron chi connectivity index (χ2n) is 8.77. The number of carbonyl (C=O) groups is 1. The van der Waals surface area contributed by atoms with E-state index in [2.05, 4.69) is 4.98 Å². The van der Waals surface area contributed by atoms with Crippen LogP contribution in [-0.2, 0) is 11.9 Å².